The van der Waals surface area contributed by atoms with E-state index >= 15 is 0 Å². The summed E-state index contributed by atoms with van der Waals surface area (Å²) >= 11 is 0. The maximum atomic E-state index is 12.5. The van der Waals surface area contributed by atoms with E-state index in [9.17, 15) is 19.5 Å². The molecular formula is C24H24N4O5. The molecule has 9 nitrogen and oxygen atoms in total. The molecule has 3 N–H and O–H groups in total. The van der Waals surface area contributed by atoms with Crippen molar-refractivity contribution >= 4 is 18.0 Å². The molecule has 1 unspecified atom stereocenters. The van der Waals surface area contributed by atoms with Gasteiger partial charge in [-0.05, 0) is 29.2 Å². The molecule has 1 aliphatic carbocycles. The molecule has 4 rings (SSSR count). The second kappa shape index (κ2) is 9.15. The topological polar surface area (TPSA) is 123 Å². The van der Waals surface area contributed by atoms with E-state index < -0.39 is 30.1 Å². The largest absolute Gasteiger partial charge is 0.479 e. The zero-order valence-corrected chi connectivity index (χ0v) is 18.2. The van der Waals surface area contributed by atoms with Crippen LogP contribution in [-0.4, -0.2) is 45.5 Å². The monoisotopic (exact) mass is 448 g/mol. The Morgan fingerprint density at radius 2 is 1.67 bits per heavy atom. The van der Waals surface area contributed by atoms with Crippen LogP contribution < -0.4 is 10.6 Å². The van der Waals surface area contributed by atoms with Crippen LogP contribution in [0.2, 0.25) is 0 Å². The third-order valence-corrected chi connectivity index (χ3v) is 5.66. The number of amides is 2. The Morgan fingerprint density at radius 1 is 1.06 bits per heavy atom. The number of nitrogens with one attached hydrogen (secondary N) is 2. The van der Waals surface area contributed by atoms with Gasteiger partial charge in [0.25, 0.3) is 0 Å². The van der Waals surface area contributed by atoms with Crippen molar-refractivity contribution in [3.05, 3.63) is 77.6 Å². The molecule has 0 radical (unpaired) electrons. The molecule has 0 bridgehead atoms. The number of benzene rings is 2. The summed E-state index contributed by atoms with van der Waals surface area (Å²) in [6, 6.07) is 13.7. The summed E-state index contributed by atoms with van der Waals surface area (Å²) in [4.78, 5) is 36.5. The Kier molecular flexibility index (Phi) is 6.12. The number of rotatable bonds is 7. The molecule has 1 aliphatic rings. The Balaban J connectivity index is 1.36. The molecule has 3 aromatic rings. The van der Waals surface area contributed by atoms with E-state index in [1.54, 1.807) is 7.05 Å². The van der Waals surface area contributed by atoms with E-state index in [2.05, 4.69) is 15.7 Å². The van der Waals surface area contributed by atoms with Gasteiger partial charge in [0.1, 0.15) is 12.6 Å². The van der Waals surface area contributed by atoms with Gasteiger partial charge in [0.2, 0.25) is 5.91 Å². The zero-order chi connectivity index (χ0) is 23.5. The molecular weight excluding hydrogens is 424 g/mol. The quantitative estimate of drug-likeness (QED) is 0.511. The number of aromatic nitrogens is 2. The number of hydrogen-bond donors (Lipinski definition) is 3. The number of ether oxygens (including phenoxy) is 1. The summed E-state index contributed by atoms with van der Waals surface area (Å²) in [6.07, 6.45) is 2.11. The van der Waals surface area contributed by atoms with E-state index in [0.717, 1.165) is 22.3 Å². The maximum Gasteiger partial charge on any atom is 0.407 e. The van der Waals surface area contributed by atoms with Gasteiger partial charge >= 0.3 is 12.1 Å². The van der Waals surface area contributed by atoms with Crippen molar-refractivity contribution in [1.82, 2.24) is 20.4 Å². The minimum atomic E-state index is -1.28. The summed E-state index contributed by atoms with van der Waals surface area (Å²) in [5.74, 6) is -1.99. The van der Waals surface area contributed by atoms with E-state index in [1.165, 1.54) is 24.0 Å². The second-order valence-corrected chi connectivity index (χ2v) is 7.92. The number of carboxylic acid groups (broad SMARTS) is 1. The van der Waals surface area contributed by atoms with Crippen LogP contribution in [0.4, 0.5) is 4.79 Å². The lowest BCUT2D eigenvalue weighted by Gasteiger charge is -2.19. The lowest BCUT2D eigenvalue weighted by atomic mass is 9.98. The third-order valence-electron chi connectivity index (χ3n) is 5.66. The van der Waals surface area contributed by atoms with Crippen LogP contribution in [0.25, 0.3) is 11.1 Å². The minimum Gasteiger partial charge on any atom is -0.479 e. The van der Waals surface area contributed by atoms with Gasteiger partial charge in [0.15, 0.2) is 6.04 Å². The molecule has 33 heavy (non-hydrogen) atoms. The van der Waals surface area contributed by atoms with Crippen LogP contribution in [0.3, 0.4) is 0 Å². The first kappa shape index (κ1) is 22.1. The number of aryl methyl sites for hydroxylation is 1. The number of carbonyl (C=O) groups is 3. The fraction of sp³-hybridized carbons (Fsp3) is 0.250. The van der Waals surface area contributed by atoms with Gasteiger partial charge in [-0.25, -0.2) is 9.59 Å². The number of fused-ring (bicyclic) bond motifs is 3. The highest BCUT2D eigenvalue weighted by atomic mass is 16.5. The van der Waals surface area contributed by atoms with Crippen LogP contribution >= 0.6 is 0 Å². The van der Waals surface area contributed by atoms with Gasteiger partial charge in [0, 0.05) is 24.7 Å². The standard InChI is InChI=1S/C24H24N4O5/c1-14(22(29)27-21(23(30)31)15-11-25-28(2)12-15)26-24(32)33-13-20-18-9-5-3-7-16(18)17-8-4-6-10-19(17)20/h3-12,14,20-21H,13H2,1-2H3,(H,26,32)(H,27,29)(H,30,31)/t14-,21?/m1/s1. The molecule has 170 valence electrons. The molecule has 0 saturated heterocycles. The minimum absolute atomic E-state index is 0.103. The van der Waals surface area contributed by atoms with Crippen LogP contribution in [0, 0.1) is 0 Å². The highest BCUT2D eigenvalue weighted by Crippen LogP contribution is 2.44. The molecule has 2 atom stereocenters. The van der Waals surface area contributed by atoms with E-state index in [4.69, 9.17) is 4.74 Å². The van der Waals surface area contributed by atoms with Crippen LogP contribution in [-0.2, 0) is 21.4 Å². The number of nitrogens with zero attached hydrogens (tertiary/aromatic N) is 2. The van der Waals surface area contributed by atoms with Crippen LogP contribution in [0.15, 0.2) is 60.9 Å². The summed E-state index contributed by atoms with van der Waals surface area (Å²) in [5.41, 5.74) is 4.72. The van der Waals surface area contributed by atoms with Crippen molar-refractivity contribution in [1.29, 1.82) is 0 Å². The smallest absolute Gasteiger partial charge is 0.407 e. The van der Waals surface area contributed by atoms with Gasteiger partial charge in [-0.3, -0.25) is 9.48 Å². The van der Waals surface area contributed by atoms with Crippen molar-refractivity contribution in [3.8, 4) is 11.1 Å². The van der Waals surface area contributed by atoms with Crippen molar-refractivity contribution < 1.29 is 24.2 Å². The van der Waals surface area contributed by atoms with Gasteiger partial charge in [-0.1, -0.05) is 48.5 Å². The predicted octanol–water partition coefficient (Wildman–Crippen LogP) is 2.59. The lowest BCUT2D eigenvalue weighted by molar-refractivity contribution is -0.142. The molecule has 1 aromatic heterocycles. The summed E-state index contributed by atoms with van der Waals surface area (Å²) in [7, 11) is 1.64. The first-order valence-electron chi connectivity index (χ1n) is 10.5. The number of aliphatic carboxylic acids is 1. The Labute approximate surface area is 190 Å². The van der Waals surface area contributed by atoms with Crippen molar-refractivity contribution in [2.75, 3.05) is 6.61 Å². The predicted molar refractivity (Wildman–Crippen MR) is 119 cm³/mol. The number of hydrogen-bond acceptors (Lipinski definition) is 5. The summed E-state index contributed by atoms with van der Waals surface area (Å²) in [5, 5.41) is 18.3. The SMILES string of the molecule is C[C@@H](NC(=O)OCC1c2ccccc2-c2ccccc21)C(=O)NC(C(=O)O)c1cnn(C)c1. The van der Waals surface area contributed by atoms with E-state index in [-0.39, 0.29) is 12.5 Å². The highest BCUT2D eigenvalue weighted by molar-refractivity contribution is 5.89. The van der Waals surface area contributed by atoms with Crippen LogP contribution in [0.5, 0.6) is 0 Å². The number of carboxylic acids is 1. The average molecular weight is 448 g/mol. The van der Waals surface area contributed by atoms with E-state index in [0.29, 0.717) is 5.56 Å². The maximum absolute atomic E-state index is 12.5. The Hall–Kier alpha value is -4.14. The fourth-order valence-corrected chi connectivity index (χ4v) is 4.03. The second-order valence-electron chi connectivity index (χ2n) is 7.92. The molecule has 0 saturated carbocycles. The Morgan fingerprint density at radius 3 is 2.21 bits per heavy atom. The average Bonchev–Trinajstić information content (AvgIpc) is 3.36. The molecule has 1 heterocycles. The fourth-order valence-electron chi connectivity index (χ4n) is 4.03. The van der Waals surface area contributed by atoms with Gasteiger partial charge < -0.3 is 20.5 Å². The highest BCUT2D eigenvalue weighted by Gasteiger charge is 2.30. The van der Waals surface area contributed by atoms with Gasteiger partial charge in [-0.15, -0.1) is 0 Å². The van der Waals surface area contributed by atoms with E-state index in [1.807, 2.05) is 48.5 Å². The molecule has 0 aliphatic heterocycles. The molecule has 2 amide bonds. The van der Waals surface area contributed by atoms with Gasteiger partial charge in [0.05, 0.1) is 6.20 Å². The Bertz CT molecular complexity index is 1160. The summed E-state index contributed by atoms with van der Waals surface area (Å²) in [6.45, 7) is 1.57. The number of alkyl carbamates (subject to hydrolysis) is 1. The zero-order valence-electron chi connectivity index (χ0n) is 18.2. The molecule has 0 spiro atoms. The van der Waals surface area contributed by atoms with Crippen molar-refractivity contribution in [3.63, 3.8) is 0 Å². The molecule has 9 heteroatoms. The van der Waals surface area contributed by atoms with Crippen molar-refractivity contribution in [2.24, 2.45) is 7.05 Å². The van der Waals surface area contributed by atoms with Crippen molar-refractivity contribution in [2.45, 2.75) is 24.9 Å². The van der Waals surface area contributed by atoms with Crippen LogP contribution in [0.1, 0.15) is 35.6 Å². The lowest BCUT2D eigenvalue weighted by Crippen LogP contribution is -2.47. The summed E-state index contributed by atoms with van der Waals surface area (Å²) < 4.78 is 6.88. The first-order valence-corrected chi connectivity index (χ1v) is 10.5. The number of carbonyl (C=O) groups excluding carboxylic acids is 2. The first-order chi connectivity index (χ1) is 15.8. The normalized spacial score (nSPS) is 14.0. The van der Waals surface area contributed by atoms with Gasteiger partial charge in [-0.2, -0.15) is 5.10 Å². The molecule has 2 aromatic carbocycles. The molecule has 0 fully saturated rings. The third kappa shape index (κ3) is 4.57.